The van der Waals surface area contributed by atoms with E-state index in [1.807, 2.05) is 43.3 Å². The summed E-state index contributed by atoms with van der Waals surface area (Å²) >= 11 is 0. The van der Waals surface area contributed by atoms with Crippen LogP contribution in [0.5, 0.6) is 23.0 Å². The van der Waals surface area contributed by atoms with Crippen molar-refractivity contribution in [3.63, 3.8) is 0 Å². The molecule has 0 aliphatic heterocycles. The average molecular weight is 415 g/mol. The SMILES string of the molecule is CC=C(c1ccc(OC)c(NC(=O)CCCN)c1)c1cc(OC)c(OC)c(OC)c1. The zero-order valence-corrected chi connectivity index (χ0v) is 18.2. The van der Waals surface area contributed by atoms with Crippen LogP contribution in [0.3, 0.4) is 0 Å². The first-order valence-corrected chi connectivity index (χ1v) is 9.67. The van der Waals surface area contributed by atoms with Crippen LogP contribution < -0.4 is 30.0 Å². The normalized spacial score (nSPS) is 11.1. The van der Waals surface area contributed by atoms with E-state index in [1.54, 1.807) is 28.4 Å². The van der Waals surface area contributed by atoms with Crippen LogP contribution in [0.2, 0.25) is 0 Å². The van der Waals surface area contributed by atoms with Crippen LogP contribution in [0.4, 0.5) is 5.69 Å². The standard InChI is InChI=1S/C23H30N2O5/c1-6-17(16-13-20(28-3)23(30-5)21(14-16)29-4)15-9-10-19(27-2)18(12-15)25-22(26)8-7-11-24/h6,9-10,12-14H,7-8,11,24H2,1-5H3,(H,25,26). The van der Waals surface area contributed by atoms with Crippen molar-refractivity contribution < 1.29 is 23.7 Å². The molecule has 0 aliphatic rings. The van der Waals surface area contributed by atoms with E-state index in [-0.39, 0.29) is 5.91 Å². The molecule has 2 rings (SSSR count). The molecule has 3 N–H and O–H groups in total. The lowest BCUT2D eigenvalue weighted by molar-refractivity contribution is -0.116. The third kappa shape index (κ3) is 5.24. The molecule has 0 saturated heterocycles. The molecule has 1 amide bonds. The number of carbonyl (C=O) groups excluding carboxylic acids is 1. The van der Waals surface area contributed by atoms with Gasteiger partial charge in [0.25, 0.3) is 0 Å². The largest absolute Gasteiger partial charge is 0.495 e. The Hall–Kier alpha value is -3.19. The summed E-state index contributed by atoms with van der Waals surface area (Å²) in [6.45, 7) is 2.41. The number of nitrogens with one attached hydrogen (secondary N) is 1. The van der Waals surface area contributed by atoms with Gasteiger partial charge in [-0.05, 0) is 60.9 Å². The minimum atomic E-state index is -0.106. The Morgan fingerprint density at radius 3 is 2.07 bits per heavy atom. The predicted molar refractivity (Wildman–Crippen MR) is 119 cm³/mol. The van der Waals surface area contributed by atoms with Gasteiger partial charge in [-0.1, -0.05) is 12.1 Å². The highest BCUT2D eigenvalue weighted by Gasteiger charge is 2.17. The maximum absolute atomic E-state index is 12.2. The van der Waals surface area contributed by atoms with Crippen molar-refractivity contribution in [1.29, 1.82) is 0 Å². The van der Waals surface area contributed by atoms with Crippen molar-refractivity contribution in [3.8, 4) is 23.0 Å². The maximum atomic E-state index is 12.2. The second-order valence-electron chi connectivity index (χ2n) is 6.47. The Morgan fingerprint density at radius 1 is 0.933 bits per heavy atom. The Balaban J connectivity index is 2.49. The Morgan fingerprint density at radius 2 is 1.57 bits per heavy atom. The quantitative estimate of drug-likeness (QED) is 0.614. The first-order valence-electron chi connectivity index (χ1n) is 9.67. The molecule has 0 bridgehead atoms. The molecule has 2 aromatic rings. The highest BCUT2D eigenvalue weighted by atomic mass is 16.5. The van der Waals surface area contributed by atoms with E-state index in [9.17, 15) is 4.79 Å². The molecule has 0 unspecified atom stereocenters. The number of methoxy groups -OCH3 is 4. The van der Waals surface area contributed by atoms with Crippen LogP contribution in [-0.4, -0.2) is 40.9 Å². The monoisotopic (exact) mass is 414 g/mol. The maximum Gasteiger partial charge on any atom is 0.224 e. The van der Waals surface area contributed by atoms with Crippen LogP contribution >= 0.6 is 0 Å². The molecule has 0 aromatic heterocycles. The minimum absolute atomic E-state index is 0.106. The molecule has 0 aliphatic carbocycles. The van der Waals surface area contributed by atoms with Crippen molar-refractivity contribution in [3.05, 3.63) is 47.5 Å². The smallest absolute Gasteiger partial charge is 0.224 e. The highest BCUT2D eigenvalue weighted by Crippen LogP contribution is 2.41. The van der Waals surface area contributed by atoms with Gasteiger partial charge >= 0.3 is 0 Å². The molecule has 162 valence electrons. The topological polar surface area (TPSA) is 92.0 Å². The molecule has 0 radical (unpaired) electrons. The molecule has 0 saturated carbocycles. The number of hydrogen-bond donors (Lipinski definition) is 2. The second-order valence-corrected chi connectivity index (χ2v) is 6.47. The van der Waals surface area contributed by atoms with E-state index in [0.717, 1.165) is 16.7 Å². The van der Waals surface area contributed by atoms with Gasteiger partial charge in [0.2, 0.25) is 11.7 Å². The number of carbonyl (C=O) groups is 1. The zero-order valence-electron chi connectivity index (χ0n) is 18.2. The van der Waals surface area contributed by atoms with Crippen molar-refractivity contribution in [2.24, 2.45) is 5.73 Å². The lowest BCUT2D eigenvalue weighted by atomic mass is 9.96. The van der Waals surface area contributed by atoms with Gasteiger partial charge in [0.1, 0.15) is 5.75 Å². The number of ether oxygens (including phenoxy) is 4. The van der Waals surface area contributed by atoms with Gasteiger partial charge < -0.3 is 30.0 Å². The van der Waals surface area contributed by atoms with Crippen LogP contribution in [-0.2, 0) is 4.79 Å². The molecule has 7 heteroatoms. The van der Waals surface area contributed by atoms with E-state index < -0.39 is 0 Å². The van der Waals surface area contributed by atoms with Crippen LogP contribution in [0, 0.1) is 0 Å². The van der Waals surface area contributed by atoms with Gasteiger partial charge in [-0.25, -0.2) is 0 Å². The van der Waals surface area contributed by atoms with Gasteiger partial charge in [-0.3, -0.25) is 4.79 Å². The van der Waals surface area contributed by atoms with Gasteiger partial charge in [0, 0.05) is 6.42 Å². The average Bonchev–Trinajstić information content (AvgIpc) is 2.77. The Labute approximate surface area is 177 Å². The van der Waals surface area contributed by atoms with E-state index in [0.29, 0.717) is 48.1 Å². The fourth-order valence-corrected chi connectivity index (χ4v) is 3.19. The summed E-state index contributed by atoms with van der Waals surface area (Å²) in [5, 5.41) is 2.91. The lowest BCUT2D eigenvalue weighted by Gasteiger charge is -2.17. The number of amides is 1. The van der Waals surface area contributed by atoms with Crippen molar-refractivity contribution in [2.75, 3.05) is 40.3 Å². The van der Waals surface area contributed by atoms with Gasteiger partial charge in [0.05, 0.1) is 34.1 Å². The van der Waals surface area contributed by atoms with Crippen molar-refractivity contribution >= 4 is 17.2 Å². The third-order valence-corrected chi connectivity index (χ3v) is 4.66. The molecule has 0 heterocycles. The number of allylic oxidation sites excluding steroid dienone is 1. The first-order chi connectivity index (χ1) is 14.5. The van der Waals surface area contributed by atoms with Crippen LogP contribution in [0.1, 0.15) is 30.9 Å². The summed E-state index contributed by atoms with van der Waals surface area (Å²) in [6, 6.07) is 9.43. The molecular formula is C23H30N2O5. The van der Waals surface area contributed by atoms with Gasteiger partial charge in [0.15, 0.2) is 11.5 Å². The van der Waals surface area contributed by atoms with Crippen molar-refractivity contribution in [1.82, 2.24) is 0 Å². The number of rotatable bonds is 10. The summed E-state index contributed by atoms with van der Waals surface area (Å²) in [6.07, 6.45) is 2.97. The zero-order chi connectivity index (χ0) is 22.1. The summed E-state index contributed by atoms with van der Waals surface area (Å²) in [4.78, 5) is 12.2. The fourth-order valence-electron chi connectivity index (χ4n) is 3.19. The highest BCUT2D eigenvalue weighted by molar-refractivity contribution is 5.93. The van der Waals surface area contributed by atoms with Gasteiger partial charge in [-0.15, -0.1) is 0 Å². The number of hydrogen-bond acceptors (Lipinski definition) is 6. The summed E-state index contributed by atoms with van der Waals surface area (Å²) in [7, 11) is 6.30. The summed E-state index contributed by atoms with van der Waals surface area (Å²) < 4.78 is 21.8. The minimum Gasteiger partial charge on any atom is -0.495 e. The number of anilines is 1. The van der Waals surface area contributed by atoms with Gasteiger partial charge in [-0.2, -0.15) is 0 Å². The fraction of sp³-hybridized carbons (Fsp3) is 0.348. The molecule has 0 spiro atoms. The van der Waals surface area contributed by atoms with E-state index in [4.69, 9.17) is 24.7 Å². The molecule has 30 heavy (non-hydrogen) atoms. The number of benzene rings is 2. The molecule has 0 fully saturated rings. The molecule has 0 atom stereocenters. The van der Waals surface area contributed by atoms with Crippen LogP contribution in [0.15, 0.2) is 36.4 Å². The second kappa shape index (κ2) is 11.1. The Bertz CT molecular complexity index is 883. The predicted octanol–water partition coefficient (Wildman–Crippen LogP) is 3.85. The van der Waals surface area contributed by atoms with E-state index >= 15 is 0 Å². The van der Waals surface area contributed by atoms with Crippen LogP contribution in [0.25, 0.3) is 5.57 Å². The van der Waals surface area contributed by atoms with E-state index in [1.165, 1.54) is 0 Å². The van der Waals surface area contributed by atoms with Crippen molar-refractivity contribution in [2.45, 2.75) is 19.8 Å². The number of nitrogens with two attached hydrogens (primary N) is 1. The third-order valence-electron chi connectivity index (χ3n) is 4.66. The summed E-state index contributed by atoms with van der Waals surface area (Å²) in [5.41, 5.74) is 8.83. The molecule has 2 aromatic carbocycles. The molecule has 7 nitrogen and oxygen atoms in total. The first kappa shape index (κ1) is 23.1. The molecular weight excluding hydrogens is 384 g/mol. The Kier molecular flexibility index (Phi) is 8.55. The summed E-state index contributed by atoms with van der Waals surface area (Å²) in [5.74, 6) is 2.14. The lowest BCUT2D eigenvalue weighted by Crippen LogP contribution is -2.14. The van der Waals surface area contributed by atoms with E-state index in [2.05, 4.69) is 5.32 Å².